The normalized spacial score (nSPS) is 8.25. The van der Waals surface area contributed by atoms with Crippen molar-refractivity contribution in [3.05, 3.63) is 0 Å². The Morgan fingerprint density at radius 2 is 2.50 bits per heavy atom. The third kappa shape index (κ3) is 3.65. The first-order valence-corrected chi connectivity index (χ1v) is 2.42. The molecule has 1 radical (unpaired) electrons. The summed E-state index contributed by atoms with van der Waals surface area (Å²) in [5.41, 5.74) is 0. The van der Waals surface area contributed by atoms with Gasteiger partial charge >= 0.3 is 0 Å². The number of rotatable bonds is 3. The molecule has 0 aliphatic heterocycles. The predicted octanol–water partition coefficient (Wildman–Crippen LogP) is 0.418. The molecule has 0 heterocycles. The summed E-state index contributed by atoms with van der Waals surface area (Å²) in [6.45, 7) is -0.465. The summed E-state index contributed by atoms with van der Waals surface area (Å²) in [6.07, 6.45) is 0.208. The lowest BCUT2D eigenvalue weighted by Crippen LogP contribution is -2.22. The summed E-state index contributed by atoms with van der Waals surface area (Å²) < 4.78 is 11.3. The van der Waals surface area contributed by atoms with Gasteiger partial charge in [0.25, 0.3) is 0 Å². The van der Waals surface area contributed by atoms with E-state index in [1.165, 1.54) is 14.3 Å². The number of hydrogen-bond acceptors (Lipinski definition) is 1. The van der Waals surface area contributed by atoms with Gasteiger partial charge in [0.05, 0.1) is 6.67 Å². The van der Waals surface area contributed by atoms with Crippen molar-refractivity contribution in [1.82, 2.24) is 5.32 Å². The van der Waals surface area contributed by atoms with Crippen LogP contribution < -0.4 is 5.32 Å². The molecule has 0 bridgehead atoms. The maximum absolute atomic E-state index is 11.3. The van der Waals surface area contributed by atoms with Crippen LogP contribution in [0.5, 0.6) is 0 Å². The molecule has 4 heteroatoms. The Balaban J connectivity index is 2.99. The highest BCUT2D eigenvalue weighted by Crippen LogP contribution is 1.78. The number of amides is 1. The zero-order valence-electron chi connectivity index (χ0n) is 4.78. The molecule has 0 aromatic heterocycles. The van der Waals surface area contributed by atoms with E-state index >= 15 is 0 Å². The van der Waals surface area contributed by atoms with Gasteiger partial charge in [0.15, 0.2) is 5.81 Å². The first-order valence-electron chi connectivity index (χ1n) is 2.42. The number of carbonyl (C=O) groups excluding carboxylic acids is 1. The number of carbonyl (C=O) groups is 1. The molecule has 45 valence electrons. The molecule has 8 heavy (non-hydrogen) atoms. The molecule has 0 aliphatic rings. The summed E-state index contributed by atoms with van der Waals surface area (Å²) in [5, 5.41) is 2.34. The van der Waals surface area contributed by atoms with E-state index in [9.17, 15) is 9.18 Å². The fourth-order valence-electron chi connectivity index (χ4n) is 0.288. The molecule has 1 amide bonds. The van der Waals surface area contributed by atoms with Gasteiger partial charge < -0.3 is 5.32 Å². The van der Waals surface area contributed by atoms with Crippen LogP contribution in [0.1, 0.15) is 0 Å². The largest absolute Gasteiger partial charge is 0.368 e. The van der Waals surface area contributed by atoms with Crippen molar-refractivity contribution in [3.63, 3.8) is 0 Å². The fourth-order valence-corrected chi connectivity index (χ4v) is 0.288. The van der Waals surface area contributed by atoms with Crippen LogP contribution in [0, 0.1) is 0 Å². The second-order valence-corrected chi connectivity index (χ2v) is 1.30. The zero-order valence-corrected chi connectivity index (χ0v) is 4.78. The second-order valence-electron chi connectivity index (χ2n) is 1.30. The molecule has 0 spiro atoms. The maximum atomic E-state index is 11.3. The number of hydrogen-bond donors (Lipinski definition) is 1. The summed E-state index contributed by atoms with van der Waals surface area (Å²) >= 11 is 0. The molecule has 0 unspecified atom stereocenters. The van der Waals surface area contributed by atoms with E-state index < -0.39 is 6.67 Å². The molecule has 0 aromatic rings. The summed E-state index contributed by atoms with van der Waals surface area (Å²) in [5.74, 6) is -0.220. The van der Waals surface area contributed by atoms with E-state index in [1.54, 1.807) is 0 Å². The summed E-state index contributed by atoms with van der Waals surface area (Å²) in [4.78, 5) is 10.2. The molecule has 1 N–H and O–H groups in total. The number of nitrogens with one attached hydrogen (secondary N) is 1. The van der Waals surface area contributed by atoms with Crippen molar-refractivity contribution in [2.75, 3.05) is 13.7 Å². The molecule has 0 atom stereocenters. The summed E-state index contributed by atoms with van der Waals surface area (Å²) in [6, 6.07) is 0. The van der Waals surface area contributed by atoms with E-state index in [4.69, 9.17) is 0 Å². The Bertz CT molecular complexity index is 78.4. The SMILES string of the molecule is CNC(=O)[B]CCF. The fraction of sp³-hybridized carbons (Fsp3) is 0.750. The van der Waals surface area contributed by atoms with E-state index in [0.717, 1.165) is 0 Å². The van der Waals surface area contributed by atoms with Crippen LogP contribution in [-0.2, 0) is 0 Å². The van der Waals surface area contributed by atoms with Crippen LogP contribution in [0.25, 0.3) is 0 Å². The average molecular weight is 116 g/mol. The standard InChI is InChI=1S/C4H8BFNO/c1-7-4(8)5-2-3-6/h2-3H2,1H3,(H,7,8). The molecule has 0 fully saturated rings. The molecule has 0 saturated heterocycles. The van der Waals surface area contributed by atoms with Gasteiger partial charge in [-0.2, -0.15) is 0 Å². The van der Waals surface area contributed by atoms with Crippen LogP contribution in [0.4, 0.5) is 9.18 Å². The minimum Gasteiger partial charge on any atom is -0.368 e. The Hall–Kier alpha value is -0.535. The van der Waals surface area contributed by atoms with Gasteiger partial charge in [0, 0.05) is 7.05 Å². The van der Waals surface area contributed by atoms with Crippen molar-refractivity contribution in [2.24, 2.45) is 0 Å². The lowest BCUT2D eigenvalue weighted by molar-refractivity contribution is 0.260. The van der Waals surface area contributed by atoms with Crippen molar-refractivity contribution < 1.29 is 9.18 Å². The Labute approximate surface area is 48.7 Å². The molecule has 0 aliphatic carbocycles. The first-order chi connectivity index (χ1) is 3.81. The maximum Gasteiger partial charge on any atom is 0.235 e. The van der Waals surface area contributed by atoms with Crippen LogP contribution in [0.15, 0.2) is 0 Å². The van der Waals surface area contributed by atoms with Crippen molar-refractivity contribution in [3.8, 4) is 0 Å². The molecular formula is C4H8BFNO. The quantitative estimate of drug-likeness (QED) is 0.531. The minimum absolute atomic E-state index is 0.208. The topological polar surface area (TPSA) is 29.1 Å². The second kappa shape index (κ2) is 4.62. The van der Waals surface area contributed by atoms with Crippen LogP contribution in [0.2, 0.25) is 6.32 Å². The Kier molecular flexibility index (Phi) is 4.31. The molecule has 2 nitrogen and oxygen atoms in total. The molecule has 0 aromatic carbocycles. The molecular weight excluding hydrogens is 108 g/mol. The number of halogens is 1. The van der Waals surface area contributed by atoms with Crippen molar-refractivity contribution >= 4 is 13.1 Å². The lowest BCUT2D eigenvalue weighted by Gasteiger charge is -1.91. The lowest BCUT2D eigenvalue weighted by atomic mass is 9.74. The van der Waals surface area contributed by atoms with E-state index in [0.29, 0.717) is 0 Å². The van der Waals surface area contributed by atoms with Crippen LogP contribution in [0.3, 0.4) is 0 Å². The van der Waals surface area contributed by atoms with E-state index in [-0.39, 0.29) is 12.1 Å². The average Bonchev–Trinajstić information content (AvgIpc) is 1.83. The predicted molar refractivity (Wildman–Crippen MR) is 31.0 cm³/mol. The highest BCUT2D eigenvalue weighted by molar-refractivity contribution is 6.73. The summed E-state index contributed by atoms with van der Waals surface area (Å²) in [7, 11) is 2.79. The van der Waals surface area contributed by atoms with Gasteiger partial charge in [-0.15, -0.1) is 0 Å². The van der Waals surface area contributed by atoms with Gasteiger partial charge in [-0.05, 0) is 6.32 Å². The van der Waals surface area contributed by atoms with Crippen molar-refractivity contribution in [2.45, 2.75) is 6.32 Å². The Morgan fingerprint density at radius 3 is 2.88 bits per heavy atom. The van der Waals surface area contributed by atoms with Crippen LogP contribution in [-0.4, -0.2) is 26.8 Å². The van der Waals surface area contributed by atoms with Crippen molar-refractivity contribution in [1.29, 1.82) is 0 Å². The van der Waals surface area contributed by atoms with Gasteiger partial charge in [-0.3, -0.25) is 9.18 Å². The molecule has 0 saturated carbocycles. The van der Waals surface area contributed by atoms with Gasteiger partial charge in [0.2, 0.25) is 7.28 Å². The van der Waals surface area contributed by atoms with Gasteiger partial charge in [-0.1, -0.05) is 0 Å². The highest BCUT2D eigenvalue weighted by atomic mass is 19.1. The van der Waals surface area contributed by atoms with E-state index in [2.05, 4.69) is 5.32 Å². The third-order valence-electron chi connectivity index (χ3n) is 0.685. The zero-order chi connectivity index (χ0) is 6.41. The smallest absolute Gasteiger partial charge is 0.235 e. The molecule has 0 rings (SSSR count). The Morgan fingerprint density at radius 1 is 1.88 bits per heavy atom. The van der Waals surface area contributed by atoms with Crippen LogP contribution >= 0.6 is 0 Å². The third-order valence-corrected chi connectivity index (χ3v) is 0.685. The van der Waals surface area contributed by atoms with E-state index in [1.807, 2.05) is 0 Å². The first kappa shape index (κ1) is 7.46. The van der Waals surface area contributed by atoms with Gasteiger partial charge in [-0.25, -0.2) is 0 Å². The monoisotopic (exact) mass is 116 g/mol. The minimum atomic E-state index is -0.465. The highest BCUT2D eigenvalue weighted by Gasteiger charge is 1.97. The van der Waals surface area contributed by atoms with Gasteiger partial charge in [0.1, 0.15) is 0 Å². The number of alkyl halides is 1.